The van der Waals surface area contributed by atoms with Gasteiger partial charge in [0.15, 0.2) is 5.82 Å². The minimum atomic E-state index is 0.610. The van der Waals surface area contributed by atoms with Gasteiger partial charge in [0.05, 0.1) is 0 Å². The fourth-order valence-electron chi connectivity index (χ4n) is 2.08. The van der Waals surface area contributed by atoms with Gasteiger partial charge in [-0.25, -0.2) is 9.97 Å². The van der Waals surface area contributed by atoms with Crippen molar-refractivity contribution < 1.29 is 0 Å². The molecule has 98 valence electrons. The summed E-state index contributed by atoms with van der Waals surface area (Å²) in [5, 5.41) is 3.98. The number of nitrogens with zero attached hydrogens (tertiary/aromatic N) is 2. The molecule has 0 amide bonds. The summed E-state index contributed by atoms with van der Waals surface area (Å²) in [6.07, 6.45) is 2.47. The maximum Gasteiger partial charge on any atom is 0.161 e. The van der Waals surface area contributed by atoms with Gasteiger partial charge in [0.2, 0.25) is 0 Å². The van der Waals surface area contributed by atoms with E-state index < -0.39 is 0 Å². The van der Waals surface area contributed by atoms with Gasteiger partial charge >= 0.3 is 0 Å². The predicted octanol–water partition coefficient (Wildman–Crippen LogP) is 4.11. The van der Waals surface area contributed by atoms with Crippen LogP contribution in [0.4, 0.5) is 5.82 Å². The third kappa shape index (κ3) is 2.87. The van der Waals surface area contributed by atoms with E-state index in [0.717, 1.165) is 29.4 Å². The summed E-state index contributed by atoms with van der Waals surface area (Å²) in [5.41, 5.74) is 2.11. The summed E-state index contributed by atoms with van der Waals surface area (Å²) in [4.78, 5) is 9.24. The maximum atomic E-state index is 6.04. The van der Waals surface area contributed by atoms with E-state index in [1.165, 1.54) is 12.8 Å². The third-order valence-electron chi connectivity index (χ3n) is 3.18. The van der Waals surface area contributed by atoms with E-state index in [9.17, 15) is 0 Å². The van der Waals surface area contributed by atoms with Gasteiger partial charge in [0, 0.05) is 34.8 Å². The number of halogens is 1. The van der Waals surface area contributed by atoms with Crippen molar-refractivity contribution in [2.45, 2.75) is 25.7 Å². The highest BCUT2D eigenvalue weighted by Crippen LogP contribution is 2.40. The Morgan fingerprint density at radius 1 is 1.26 bits per heavy atom. The van der Waals surface area contributed by atoms with E-state index in [0.29, 0.717) is 10.9 Å². The van der Waals surface area contributed by atoms with Crippen LogP contribution in [0.1, 0.15) is 31.4 Å². The SMILES string of the molecule is CCNc1cc(C2CC2)nc(-c2cccc(Cl)c2)n1. The number of rotatable bonds is 4. The van der Waals surface area contributed by atoms with E-state index in [4.69, 9.17) is 11.6 Å². The van der Waals surface area contributed by atoms with E-state index in [2.05, 4.69) is 28.3 Å². The molecule has 19 heavy (non-hydrogen) atoms. The highest BCUT2D eigenvalue weighted by atomic mass is 35.5. The van der Waals surface area contributed by atoms with E-state index in [1.807, 2.05) is 24.3 Å². The molecule has 1 aliphatic carbocycles. The molecule has 1 aromatic carbocycles. The average molecular weight is 274 g/mol. The monoisotopic (exact) mass is 273 g/mol. The second-order valence-electron chi connectivity index (χ2n) is 4.82. The van der Waals surface area contributed by atoms with Crippen LogP contribution >= 0.6 is 11.6 Å². The van der Waals surface area contributed by atoms with Crippen molar-refractivity contribution in [1.29, 1.82) is 0 Å². The number of aromatic nitrogens is 2. The minimum absolute atomic E-state index is 0.610. The largest absolute Gasteiger partial charge is 0.370 e. The lowest BCUT2D eigenvalue weighted by molar-refractivity contribution is 0.988. The van der Waals surface area contributed by atoms with Crippen molar-refractivity contribution in [3.8, 4) is 11.4 Å². The van der Waals surface area contributed by atoms with E-state index in [-0.39, 0.29) is 0 Å². The smallest absolute Gasteiger partial charge is 0.161 e. The van der Waals surface area contributed by atoms with Gasteiger partial charge in [-0.15, -0.1) is 0 Å². The van der Waals surface area contributed by atoms with Crippen LogP contribution < -0.4 is 5.32 Å². The third-order valence-corrected chi connectivity index (χ3v) is 3.42. The van der Waals surface area contributed by atoms with Crippen molar-refractivity contribution in [2.75, 3.05) is 11.9 Å². The van der Waals surface area contributed by atoms with Gasteiger partial charge in [-0.1, -0.05) is 23.7 Å². The molecule has 2 aromatic rings. The van der Waals surface area contributed by atoms with E-state index in [1.54, 1.807) is 0 Å². The number of hydrogen-bond acceptors (Lipinski definition) is 3. The Bertz CT molecular complexity index is 594. The van der Waals surface area contributed by atoms with Crippen molar-refractivity contribution in [3.05, 3.63) is 41.0 Å². The molecule has 0 radical (unpaired) electrons. The zero-order chi connectivity index (χ0) is 13.2. The van der Waals surface area contributed by atoms with Crippen LogP contribution in [0.3, 0.4) is 0 Å². The van der Waals surface area contributed by atoms with Gasteiger partial charge in [0.1, 0.15) is 5.82 Å². The van der Waals surface area contributed by atoms with Crippen LogP contribution in [-0.2, 0) is 0 Å². The number of hydrogen-bond donors (Lipinski definition) is 1. The summed E-state index contributed by atoms with van der Waals surface area (Å²) in [6.45, 7) is 2.92. The van der Waals surface area contributed by atoms with Crippen LogP contribution in [0.5, 0.6) is 0 Å². The highest BCUT2D eigenvalue weighted by Gasteiger charge is 2.26. The molecular weight excluding hydrogens is 258 g/mol. The first-order valence-electron chi connectivity index (χ1n) is 6.65. The molecule has 4 heteroatoms. The zero-order valence-electron chi connectivity index (χ0n) is 10.9. The quantitative estimate of drug-likeness (QED) is 0.911. The molecule has 1 aliphatic rings. The van der Waals surface area contributed by atoms with Gasteiger partial charge in [-0.05, 0) is 31.9 Å². The van der Waals surface area contributed by atoms with Crippen LogP contribution in [0, 0.1) is 0 Å². The summed E-state index contributed by atoms with van der Waals surface area (Å²) < 4.78 is 0. The summed E-state index contributed by atoms with van der Waals surface area (Å²) in [6, 6.07) is 9.75. The zero-order valence-corrected chi connectivity index (χ0v) is 11.6. The maximum absolute atomic E-state index is 6.04. The Labute approximate surface area is 118 Å². The highest BCUT2D eigenvalue weighted by molar-refractivity contribution is 6.30. The Morgan fingerprint density at radius 2 is 2.11 bits per heavy atom. The number of anilines is 1. The molecule has 1 aromatic heterocycles. The van der Waals surface area contributed by atoms with Crippen LogP contribution in [0.15, 0.2) is 30.3 Å². The Balaban J connectivity index is 2.03. The standard InChI is InChI=1S/C15H16ClN3/c1-2-17-14-9-13(10-6-7-10)18-15(19-14)11-4-3-5-12(16)8-11/h3-5,8-10H,2,6-7H2,1H3,(H,17,18,19). The van der Waals surface area contributed by atoms with Gasteiger partial charge in [-0.2, -0.15) is 0 Å². The van der Waals surface area contributed by atoms with E-state index >= 15 is 0 Å². The summed E-state index contributed by atoms with van der Waals surface area (Å²) in [7, 11) is 0. The summed E-state index contributed by atoms with van der Waals surface area (Å²) >= 11 is 6.04. The van der Waals surface area contributed by atoms with Crippen LogP contribution in [0.25, 0.3) is 11.4 Å². The molecule has 1 heterocycles. The summed E-state index contributed by atoms with van der Waals surface area (Å²) in [5.74, 6) is 2.26. The topological polar surface area (TPSA) is 37.8 Å². The minimum Gasteiger partial charge on any atom is -0.370 e. The molecular formula is C15H16ClN3. The number of nitrogens with one attached hydrogen (secondary N) is 1. The molecule has 1 saturated carbocycles. The first kappa shape index (κ1) is 12.4. The molecule has 0 aliphatic heterocycles. The fraction of sp³-hybridized carbons (Fsp3) is 0.333. The molecule has 0 unspecified atom stereocenters. The van der Waals surface area contributed by atoms with Crippen molar-refractivity contribution in [2.24, 2.45) is 0 Å². The Kier molecular flexibility index (Phi) is 3.38. The van der Waals surface area contributed by atoms with Gasteiger partial charge in [0.25, 0.3) is 0 Å². The molecule has 0 saturated heterocycles. The van der Waals surface area contributed by atoms with Gasteiger partial charge < -0.3 is 5.32 Å². The van der Waals surface area contributed by atoms with Crippen molar-refractivity contribution >= 4 is 17.4 Å². The van der Waals surface area contributed by atoms with Crippen molar-refractivity contribution in [1.82, 2.24) is 9.97 Å². The molecule has 1 fully saturated rings. The lowest BCUT2D eigenvalue weighted by atomic mass is 10.2. The second-order valence-corrected chi connectivity index (χ2v) is 5.25. The molecule has 0 spiro atoms. The molecule has 1 N–H and O–H groups in total. The normalized spacial score (nSPS) is 14.4. The van der Waals surface area contributed by atoms with Crippen LogP contribution in [-0.4, -0.2) is 16.5 Å². The Morgan fingerprint density at radius 3 is 2.79 bits per heavy atom. The van der Waals surface area contributed by atoms with Gasteiger partial charge in [-0.3, -0.25) is 0 Å². The second kappa shape index (κ2) is 5.17. The molecule has 0 atom stereocenters. The molecule has 3 rings (SSSR count). The fourth-order valence-corrected chi connectivity index (χ4v) is 2.27. The first-order chi connectivity index (χ1) is 9.26. The lowest BCUT2D eigenvalue weighted by Gasteiger charge is -2.08. The lowest BCUT2D eigenvalue weighted by Crippen LogP contribution is -2.03. The van der Waals surface area contributed by atoms with Crippen LogP contribution in [0.2, 0.25) is 5.02 Å². The average Bonchev–Trinajstić information content (AvgIpc) is 3.23. The Hall–Kier alpha value is -1.61. The molecule has 0 bridgehead atoms. The molecule has 3 nitrogen and oxygen atoms in total. The predicted molar refractivity (Wildman–Crippen MR) is 78.6 cm³/mol. The number of benzene rings is 1. The first-order valence-corrected chi connectivity index (χ1v) is 7.03. The van der Waals surface area contributed by atoms with Crippen molar-refractivity contribution in [3.63, 3.8) is 0 Å².